The van der Waals surface area contributed by atoms with E-state index >= 15 is 0 Å². The molecule has 1 unspecified atom stereocenters. The van der Waals surface area contributed by atoms with Crippen molar-refractivity contribution in [2.24, 2.45) is 0 Å². The Bertz CT molecular complexity index is 544. The van der Waals surface area contributed by atoms with Crippen molar-refractivity contribution >= 4 is 34.4 Å². The Kier molecular flexibility index (Phi) is 5.40. The second-order valence-corrected chi connectivity index (χ2v) is 5.96. The summed E-state index contributed by atoms with van der Waals surface area (Å²) < 4.78 is 5.86. The number of nitrogens with zero attached hydrogens (tertiary/aromatic N) is 1. The van der Waals surface area contributed by atoms with Crippen LogP contribution in [0.4, 0.5) is 0 Å². The van der Waals surface area contributed by atoms with Crippen LogP contribution in [-0.2, 0) is 9.53 Å². The number of hydrogen-bond acceptors (Lipinski definition) is 4. The number of halogens is 1. The van der Waals surface area contributed by atoms with Crippen molar-refractivity contribution in [2.75, 3.05) is 26.3 Å². The molecule has 21 heavy (non-hydrogen) atoms. The van der Waals surface area contributed by atoms with E-state index in [9.17, 15) is 14.7 Å². The number of phenolic OH excluding ortho intramolecular Hbond substituents is 1. The van der Waals surface area contributed by atoms with Crippen LogP contribution in [0.2, 0.25) is 0 Å². The highest BCUT2D eigenvalue weighted by Crippen LogP contribution is 2.20. The number of hydrogen-bond donors (Lipinski definition) is 2. The SMILES string of the molecule is CC(NC(=O)c1ccc(I)c(O)c1)C(=O)N1CCOCC1. The molecule has 1 aromatic carbocycles. The van der Waals surface area contributed by atoms with E-state index in [4.69, 9.17) is 4.74 Å². The molecule has 1 heterocycles. The summed E-state index contributed by atoms with van der Waals surface area (Å²) >= 11 is 1.98. The lowest BCUT2D eigenvalue weighted by Crippen LogP contribution is -2.50. The van der Waals surface area contributed by atoms with E-state index in [1.807, 2.05) is 22.6 Å². The molecule has 2 rings (SSSR count). The first-order valence-electron chi connectivity index (χ1n) is 6.65. The molecule has 1 atom stereocenters. The van der Waals surface area contributed by atoms with Crippen LogP contribution in [0.25, 0.3) is 0 Å². The molecule has 114 valence electrons. The van der Waals surface area contributed by atoms with Crippen LogP contribution in [0.5, 0.6) is 5.75 Å². The third-order valence-corrected chi connectivity index (χ3v) is 4.16. The van der Waals surface area contributed by atoms with Crippen LogP contribution in [0.3, 0.4) is 0 Å². The fourth-order valence-corrected chi connectivity index (χ4v) is 2.39. The summed E-state index contributed by atoms with van der Waals surface area (Å²) in [6.07, 6.45) is 0. The molecule has 0 radical (unpaired) electrons. The summed E-state index contributed by atoms with van der Waals surface area (Å²) in [4.78, 5) is 26.0. The van der Waals surface area contributed by atoms with Gasteiger partial charge in [-0.25, -0.2) is 0 Å². The quantitative estimate of drug-likeness (QED) is 0.737. The van der Waals surface area contributed by atoms with Gasteiger partial charge in [0, 0.05) is 18.7 Å². The van der Waals surface area contributed by atoms with E-state index < -0.39 is 6.04 Å². The summed E-state index contributed by atoms with van der Waals surface area (Å²) in [5, 5.41) is 12.3. The van der Waals surface area contributed by atoms with E-state index in [2.05, 4.69) is 5.32 Å². The molecule has 0 spiro atoms. The third-order valence-electron chi connectivity index (χ3n) is 3.25. The van der Waals surface area contributed by atoms with Gasteiger partial charge in [0.2, 0.25) is 5.91 Å². The number of carbonyl (C=O) groups excluding carboxylic acids is 2. The maximum atomic E-state index is 12.2. The Morgan fingerprint density at radius 1 is 1.38 bits per heavy atom. The van der Waals surface area contributed by atoms with E-state index in [0.717, 1.165) is 0 Å². The van der Waals surface area contributed by atoms with Crippen LogP contribution in [0.1, 0.15) is 17.3 Å². The van der Waals surface area contributed by atoms with E-state index in [0.29, 0.717) is 35.4 Å². The molecule has 2 N–H and O–H groups in total. The van der Waals surface area contributed by atoms with Gasteiger partial charge in [-0.05, 0) is 47.7 Å². The minimum atomic E-state index is -0.614. The number of aromatic hydroxyl groups is 1. The van der Waals surface area contributed by atoms with Crippen molar-refractivity contribution in [3.63, 3.8) is 0 Å². The minimum Gasteiger partial charge on any atom is -0.507 e. The Morgan fingerprint density at radius 2 is 2.05 bits per heavy atom. The molecular formula is C14H17IN2O4. The molecule has 1 fully saturated rings. The van der Waals surface area contributed by atoms with Crippen LogP contribution in [-0.4, -0.2) is 54.2 Å². The Morgan fingerprint density at radius 3 is 2.67 bits per heavy atom. The van der Waals surface area contributed by atoms with E-state index in [-0.39, 0.29) is 17.6 Å². The second kappa shape index (κ2) is 7.08. The zero-order valence-electron chi connectivity index (χ0n) is 11.6. The lowest BCUT2D eigenvalue weighted by atomic mass is 10.2. The maximum Gasteiger partial charge on any atom is 0.252 e. The topological polar surface area (TPSA) is 78.9 Å². The van der Waals surface area contributed by atoms with Gasteiger partial charge in [0.1, 0.15) is 11.8 Å². The first kappa shape index (κ1) is 16.0. The number of phenols is 1. The van der Waals surface area contributed by atoms with Gasteiger partial charge in [0.15, 0.2) is 0 Å². The predicted octanol–water partition coefficient (Wildman–Crippen LogP) is 0.974. The normalized spacial score (nSPS) is 16.4. The van der Waals surface area contributed by atoms with Gasteiger partial charge in [-0.2, -0.15) is 0 Å². The number of nitrogens with one attached hydrogen (secondary N) is 1. The van der Waals surface area contributed by atoms with Crippen molar-refractivity contribution in [2.45, 2.75) is 13.0 Å². The first-order chi connectivity index (χ1) is 9.99. The van der Waals surface area contributed by atoms with Crippen molar-refractivity contribution in [1.82, 2.24) is 10.2 Å². The van der Waals surface area contributed by atoms with Gasteiger partial charge in [-0.3, -0.25) is 9.59 Å². The van der Waals surface area contributed by atoms with Crippen LogP contribution >= 0.6 is 22.6 Å². The highest BCUT2D eigenvalue weighted by Gasteiger charge is 2.24. The molecular weight excluding hydrogens is 387 g/mol. The Balaban J connectivity index is 1.97. The van der Waals surface area contributed by atoms with Gasteiger partial charge in [0.25, 0.3) is 5.91 Å². The predicted molar refractivity (Wildman–Crippen MR) is 85.2 cm³/mol. The van der Waals surface area contributed by atoms with Gasteiger partial charge in [-0.15, -0.1) is 0 Å². The summed E-state index contributed by atoms with van der Waals surface area (Å²) in [5.41, 5.74) is 0.328. The minimum absolute atomic E-state index is 0.0513. The molecule has 0 aliphatic carbocycles. The second-order valence-electron chi connectivity index (χ2n) is 4.80. The number of amides is 2. The average molecular weight is 404 g/mol. The maximum absolute atomic E-state index is 12.2. The first-order valence-corrected chi connectivity index (χ1v) is 7.73. The summed E-state index contributed by atoms with van der Waals surface area (Å²) in [6.45, 7) is 3.80. The van der Waals surface area contributed by atoms with Gasteiger partial charge in [0.05, 0.1) is 16.8 Å². The molecule has 2 amide bonds. The molecule has 7 heteroatoms. The Labute approximate surface area is 136 Å². The highest BCUT2D eigenvalue weighted by atomic mass is 127. The van der Waals surface area contributed by atoms with E-state index in [1.54, 1.807) is 24.0 Å². The van der Waals surface area contributed by atoms with Crippen molar-refractivity contribution in [3.05, 3.63) is 27.3 Å². The van der Waals surface area contributed by atoms with Crippen molar-refractivity contribution < 1.29 is 19.4 Å². The average Bonchev–Trinajstić information content (AvgIpc) is 2.50. The third kappa shape index (κ3) is 4.07. The lowest BCUT2D eigenvalue weighted by molar-refractivity contribution is -0.136. The molecule has 1 aliphatic heterocycles. The van der Waals surface area contributed by atoms with E-state index in [1.165, 1.54) is 6.07 Å². The zero-order chi connectivity index (χ0) is 15.4. The van der Waals surface area contributed by atoms with Crippen molar-refractivity contribution in [1.29, 1.82) is 0 Å². The lowest BCUT2D eigenvalue weighted by Gasteiger charge is -2.29. The molecule has 1 saturated heterocycles. The fourth-order valence-electron chi connectivity index (χ4n) is 2.05. The van der Waals surface area contributed by atoms with Gasteiger partial charge >= 0.3 is 0 Å². The summed E-state index contributed by atoms with van der Waals surface area (Å²) in [6, 6.07) is 4.04. The molecule has 1 aromatic rings. The number of carbonyl (C=O) groups is 2. The molecule has 0 saturated carbocycles. The number of rotatable bonds is 3. The molecule has 0 aromatic heterocycles. The monoisotopic (exact) mass is 404 g/mol. The highest BCUT2D eigenvalue weighted by molar-refractivity contribution is 14.1. The standard InChI is InChI=1S/C14H17IN2O4/c1-9(14(20)17-4-6-21-7-5-17)16-13(19)10-2-3-11(15)12(18)8-10/h2-3,8-9,18H,4-7H2,1H3,(H,16,19). The zero-order valence-corrected chi connectivity index (χ0v) is 13.8. The Hall–Kier alpha value is -1.35. The van der Waals surface area contributed by atoms with Gasteiger partial charge < -0.3 is 20.1 Å². The van der Waals surface area contributed by atoms with Crippen LogP contribution in [0, 0.1) is 3.57 Å². The smallest absolute Gasteiger partial charge is 0.252 e. The number of morpholine rings is 1. The number of benzene rings is 1. The summed E-state index contributed by atoms with van der Waals surface area (Å²) in [5.74, 6) is -0.451. The molecule has 1 aliphatic rings. The molecule has 0 bridgehead atoms. The van der Waals surface area contributed by atoms with Crippen molar-refractivity contribution in [3.8, 4) is 5.75 Å². The van der Waals surface area contributed by atoms with Crippen LogP contribution < -0.4 is 5.32 Å². The van der Waals surface area contributed by atoms with Gasteiger partial charge in [-0.1, -0.05) is 0 Å². The summed E-state index contributed by atoms with van der Waals surface area (Å²) in [7, 11) is 0. The largest absolute Gasteiger partial charge is 0.507 e. The van der Waals surface area contributed by atoms with Crippen LogP contribution in [0.15, 0.2) is 18.2 Å². The number of ether oxygens (including phenoxy) is 1. The molecule has 6 nitrogen and oxygen atoms in total. The fraction of sp³-hybridized carbons (Fsp3) is 0.429.